The molecule has 2 aromatic heterocycles. The van der Waals surface area contributed by atoms with E-state index in [-0.39, 0.29) is 0 Å². The van der Waals surface area contributed by atoms with Gasteiger partial charge in [-0.2, -0.15) is 0 Å². The van der Waals surface area contributed by atoms with Crippen molar-refractivity contribution in [2.45, 2.75) is 39.3 Å². The Morgan fingerprint density at radius 1 is 1.42 bits per heavy atom. The number of rotatable bonds is 5. The van der Waals surface area contributed by atoms with Gasteiger partial charge in [0.15, 0.2) is 0 Å². The molecular weight excluding hydrogens is 278 g/mol. The van der Waals surface area contributed by atoms with Gasteiger partial charge in [-0.1, -0.05) is 11.6 Å². The second-order valence-electron chi connectivity index (χ2n) is 5.54. The molecule has 0 atom stereocenters. The standard InChI is InChI=1S/C14H18ClN3S/c1-9(2)18(7-10-3-4-10)8-12-16-13(15)11-5-6-19-14(11)17-12/h5-6,9-10H,3-4,7-8H2,1-2H3. The van der Waals surface area contributed by atoms with Crippen molar-refractivity contribution in [2.24, 2.45) is 5.92 Å². The van der Waals surface area contributed by atoms with Gasteiger partial charge in [-0.15, -0.1) is 11.3 Å². The van der Waals surface area contributed by atoms with Crippen molar-refractivity contribution in [3.8, 4) is 0 Å². The SMILES string of the molecule is CC(C)N(Cc1nc(Cl)c2ccsc2n1)CC1CC1. The normalized spacial score (nSPS) is 15.8. The van der Waals surface area contributed by atoms with E-state index < -0.39 is 0 Å². The Hall–Kier alpha value is -0.710. The van der Waals surface area contributed by atoms with Crippen LogP contribution in [0.3, 0.4) is 0 Å². The highest BCUT2D eigenvalue weighted by molar-refractivity contribution is 7.16. The zero-order chi connectivity index (χ0) is 13.4. The first-order chi connectivity index (χ1) is 9.13. The van der Waals surface area contributed by atoms with E-state index in [0.717, 1.165) is 35.0 Å². The summed E-state index contributed by atoms with van der Waals surface area (Å²) in [6, 6.07) is 2.50. The van der Waals surface area contributed by atoms with Gasteiger partial charge in [0.2, 0.25) is 0 Å². The largest absolute Gasteiger partial charge is 0.293 e. The number of hydrogen-bond acceptors (Lipinski definition) is 4. The first kappa shape index (κ1) is 13.3. The van der Waals surface area contributed by atoms with E-state index in [1.54, 1.807) is 11.3 Å². The molecule has 0 aliphatic heterocycles. The summed E-state index contributed by atoms with van der Waals surface area (Å²) in [5.41, 5.74) is 0. The minimum atomic E-state index is 0.516. The molecule has 0 bridgehead atoms. The topological polar surface area (TPSA) is 29.0 Å². The van der Waals surface area contributed by atoms with E-state index in [4.69, 9.17) is 11.6 Å². The van der Waals surface area contributed by atoms with Gasteiger partial charge < -0.3 is 0 Å². The van der Waals surface area contributed by atoms with Crippen LogP contribution in [0.1, 0.15) is 32.5 Å². The lowest BCUT2D eigenvalue weighted by Gasteiger charge is -2.25. The summed E-state index contributed by atoms with van der Waals surface area (Å²) in [5, 5.41) is 3.56. The molecule has 0 aromatic carbocycles. The number of nitrogens with zero attached hydrogens (tertiary/aromatic N) is 3. The molecule has 0 saturated heterocycles. The maximum Gasteiger partial charge on any atom is 0.145 e. The van der Waals surface area contributed by atoms with Crippen molar-refractivity contribution in [3.05, 3.63) is 22.4 Å². The third-order valence-electron chi connectivity index (χ3n) is 3.59. The Bertz CT molecular complexity index is 577. The Morgan fingerprint density at radius 3 is 2.89 bits per heavy atom. The molecule has 1 fully saturated rings. The van der Waals surface area contributed by atoms with E-state index in [1.807, 2.05) is 11.4 Å². The van der Waals surface area contributed by atoms with Crippen LogP contribution in [0.5, 0.6) is 0 Å². The van der Waals surface area contributed by atoms with E-state index in [2.05, 4.69) is 28.7 Å². The fourth-order valence-corrected chi connectivity index (χ4v) is 3.29. The van der Waals surface area contributed by atoms with Crippen molar-refractivity contribution >= 4 is 33.2 Å². The molecule has 0 amide bonds. The Kier molecular flexibility index (Phi) is 3.74. The molecule has 0 N–H and O–H groups in total. The summed E-state index contributed by atoms with van der Waals surface area (Å²) in [6.07, 6.45) is 2.74. The highest BCUT2D eigenvalue weighted by Crippen LogP contribution is 2.31. The molecule has 0 radical (unpaired) electrons. The van der Waals surface area contributed by atoms with Gasteiger partial charge in [-0.05, 0) is 44.1 Å². The van der Waals surface area contributed by atoms with Crippen molar-refractivity contribution in [3.63, 3.8) is 0 Å². The lowest BCUT2D eigenvalue weighted by molar-refractivity contribution is 0.199. The summed E-state index contributed by atoms with van der Waals surface area (Å²) < 4.78 is 0. The molecule has 19 heavy (non-hydrogen) atoms. The maximum atomic E-state index is 6.22. The van der Waals surface area contributed by atoms with Gasteiger partial charge in [0.1, 0.15) is 15.8 Å². The number of fused-ring (bicyclic) bond motifs is 1. The quantitative estimate of drug-likeness (QED) is 0.782. The van der Waals surface area contributed by atoms with E-state index in [0.29, 0.717) is 11.2 Å². The van der Waals surface area contributed by atoms with Crippen molar-refractivity contribution < 1.29 is 0 Å². The minimum absolute atomic E-state index is 0.516. The molecule has 5 heteroatoms. The van der Waals surface area contributed by atoms with Crippen LogP contribution >= 0.6 is 22.9 Å². The van der Waals surface area contributed by atoms with Crippen molar-refractivity contribution in [2.75, 3.05) is 6.54 Å². The zero-order valence-corrected chi connectivity index (χ0v) is 12.8. The molecule has 0 spiro atoms. The third-order valence-corrected chi connectivity index (χ3v) is 4.68. The van der Waals surface area contributed by atoms with Crippen LogP contribution in [-0.2, 0) is 6.54 Å². The second-order valence-corrected chi connectivity index (χ2v) is 6.79. The molecule has 3 nitrogen and oxygen atoms in total. The summed E-state index contributed by atoms with van der Waals surface area (Å²) >= 11 is 7.84. The molecule has 102 valence electrons. The van der Waals surface area contributed by atoms with Crippen LogP contribution in [0.25, 0.3) is 10.2 Å². The smallest absolute Gasteiger partial charge is 0.145 e. The van der Waals surface area contributed by atoms with E-state index in [1.165, 1.54) is 12.8 Å². The van der Waals surface area contributed by atoms with Crippen LogP contribution in [0.15, 0.2) is 11.4 Å². The highest BCUT2D eigenvalue weighted by atomic mass is 35.5. The zero-order valence-electron chi connectivity index (χ0n) is 11.3. The van der Waals surface area contributed by atoms with Crippen LogP contribution in [0.2, 0.25) is 5.15 Å². The first-order valence-corrected chi connectivity index (χ1v) is 8.03. The number of halogens is 1. The molecule has 2 aromatic rings. The number of hydrogen-bond donors (Lipinski definition) is 0. The van der Waals surface area contributed by atoms with E-state index in [9.17, 15) is 0 Å². The van der Waals surface area contributed by atoms with Crippen molar-refractivity contribution in [1.82, 2.24) is 14.9 Å². The molecule has 1 aliphatic rings. The van der Waals surface area contributed by atoms with Gasteiger partial charge in [0.05, 0.1) is 6.54 Å². The fourth-order valence-electron chi connectivity index (χ4n) is 2.20. The molecule has 2 heterocycles. The van der Waals surface area contributed by atoms with E-state index >= 15 is 0 Å². The second kappa shape index (κ2) is 5.35. The molecule has 1 aliphatic carbocycles. The van der Waals surface area contributed by atoms with Gasteiger partial charge in [0, 0.05) is 18.0 Å². The Morgan fingerprint density at radius 2 is 2.21 bits per heavy atom. The Balaban J connectivity index is 1.81. The summed E-state index contributed by atoms with van der Waals surface area (Å²) in [4.78, 5) is 12.5. The van der Waals surface area contributed by atoms with Crippen LogP contribution in [0.4, 0.5) is 0 Å². The number of thiophene rings is 1. The van der Waals surface area contributed by atoms with Crippen LogP contribution < -0.4 is 0 Å². The first-order valence-electron chi connectivity index (χ1n) is 6.77. The average Bonchev–Trinajstić information content (AvgIpc) is 3.03. The summed E-state index contributed by atoms with van der Waals surface area (Å²) in [6.45, 7) is 6.41. The highest BCUT2D eigenvalue weighted by Gasteiger charge is 2.26. The van der Waals surface area contributed by atoms with Crippen molar-refractivity contribution in [1.29, 1.82) is 0 Å². The summed E-state index contributed by atoms with van der Waals surface area (Å²) in [7, 11) is 0. The number of aromatic nitrogens is 2. The predicted octanol–water partition coefficient (Wildman–Crippen LogP) is 3.97. The third kappa shape index (κ3) is 3.07. The molecule has 3 rings (SSSR count). The van der Waals surface area contributed by atoms with Crippen LogP contribution in [-0.4, -0.2) is 27.5 Å². The Labute approximate surface area is 122 Å². The molecule has 0 unspecified atom stereocenters. The molecular formula is C14H18ClN3S. The van der Waals surface area contributed by atoms with Crippen LogP contribution in [0, 0.1) is 5.92 Å². The average molecular weight is 296 g/mol. The van der Waals surface area contributed by atoms with Gasteiger partial charge in [0.25, 0.3) is 0 Å². The van der Waals surface area contributed by atoms with Gasteiger partial charge in [-0.3, -0.25) is 4.90 Å². The lowest BCUT2D eigenvalue weighted by atomic mass is 10.2. The van der Waals surface area contributed by atoms with Gasteiger partial charge >= 0.3 is 0 Å². The lowest BCUT2D eigenvalue weighted by Crippen LogP contribution is -2.33. The monoisotopic (exact) mass is 295 g/mol. The molecule has 1 saturated carbocycles. The predicted molar refractivity (Wildman–Crippen MR) is 80.7 cm³/mol. The minimum Gasteiger partial charge on any atom is -0.293 e. The van der Waals surface area contributed by atoms with Gasteiger partial charge in [-0.25, -0.2) is 9.97 Å². The fraction of sp³-hybridized carbons (Fsp3) is 0.571. The summed E-state index contributed by atoms with van der Waals surface area (Å²) in [5.74, 6) is 1.72. The maximum absolute atomic E-state index is 6.22.